The van der Waals surface area contributed by atoms with Crippen LogP contribution in [-0.4, -0.2) is 45.4 Å². The molecule has 6 nitrogen and oxygen atoms in total. The van der Waals surface area contributed by atoms with E-state index in [0.717, 1.165) is 22.3 Å². The molecule has 1 saturated heterocycles. The van der Waals surface area contributed by atoms with Crippen molar-refractivity contribution in [3.05, 3.63) is 58.2 Å². The van der Waals surface area contributed by atoms with Gasteiger partial charge >= 0.3 is 0 Å². The molecule has 1 aliphatic rings. The third-order valence-corrected chi connectivity index (χ3v) is 5.87. The number of carbonyl (C=O) groups excluding carboxylic acids is 3. The van der Waals surface area contributed by atoms with Crippen LogP contribution >= 0.6 is 0 Å². The third kappa shape index (κ3) is 5.11. The summed E-state index contributed by atoms with van der Waals surface area (Å²) in [4.78, 5) is 49.3. The van der Waals surface area contributed by atoms with Gasteiger partial charge < -0.3 is 4.90 Å². The summed E-state index contributed by atoms with van der Waals surface area (Å²) < 4.78 is 0. The highest BCUT2D eigenvalue weighted by Crippen LogP contribution is 2.30. The van der Waals surface area contributed by atoms with E-state index in [9.17, 15) is 14.4 Å². The van der Waals surface area contributed by atoms with E-state index in [1.165, 1.54) is 6.20 Å². The Hall–Kier alpha value is -3.33. The molecule has 2 heterocycles. The molecule has 0 N–H and O–H groups in total. The zero-order valence-electron chi connectivity index (χ0n) is 19.2. The van der Waals surface area contributed by atoms with Crippen LogP contribution in [0.2, 0.25) is 0 Å². The molecule has 1 aromatic heterocycles. The average molecular weight is 432 g/mol. The van der Waals surface area contributed by atoms with Gasteiger partial charge in [-0.25, -0.2) is 4.98 Å². The number of hydrogen-bond donors (Lipinski definition) is 0. The van der Waals surface area contributed by atoms with E-state index in [1.54, 1.807) is 24.9 Å². The van der Waals surface area contributed by atoms with Crippen molar-refractivity contribution in [1.82, 2.24) is 14.9 Å². The predicted molar refractivity (Wildman–Crippen MR) is 122 cm³/mol. The van der Waals surface area contributed by atoms with Gasteiger partial charge in [-0.3, -0.25) is 19.4 Å². The van der Waals surface area contributed by atoms with Crippen LogP contribution in [0, 0.1) is 32.6 Å². The zero-order valence-corrected chi connectivity index (χ0v) is 19.2. The Morgan fingerprint density at radius 1 is 0.969 bits per heavy atom. The van der Waals surface area contributed by atoms with Crippen molar-refractivity contribution in [2.45, 2.75) is 59.3 Å². The van der Waals surface area contributed by atoms with Crippen LogP contribution in [0.5, 0.6) is 0 Å². The maximum atomic E-state index is 13.2. The Morgan fingerprint density at radius 3 is 2.06 bits per heavy atom. The van der Waals surface area contributed by atoms with Crippen LogP contribution in [0.1, 0.15) is 77.0 Å². The maximum Gasteiger partial charge on any atom is 0.274 e. The van der Waals surface area contributed by atoms with Crippen LogP contribution in [0.3, 0.4) is 0 Å². The first-order chi connectivity index (χ1) is 15.3. The SMILES string of the molecule is CC#Cc1cc(C)c(C2C(=O)CCCN(C(=O)c3nccnc3C)CCCC2=O)c(C)c1. The van der Waals surface area contributed by atoms with Crippen molar-refractivity contribution in [3.8, 4) is 11.8 Å². The summed E-state index contributed by atoms with van der Waals surface area (Å²) >= 11 is 0. The van der Waals surface area contributed by atoms with E-state index in [1.807, 2.05) is 26.0 Å². The van der Waals surface area contributed by atoms with Crippen LogP contribution in [0.25, 0.3) is 0 Å². The van der Waals surface area contributed by atoms with E-state index in [0.29, 0.717) is 37.3 Å². The van der Waals surface area contributed by atoms with Crippen molar-refractivity contribution in [2.24, 2.45) is 0 Å². The summed E-state index contributed by atoms with van der Waals surface area (Å²) in [5, 5.41) is 0. The number of rotatable bonds is 2. The van der Waals surface area contributed by atoms with E-state index in [2.05, 4.69) is 21.8 Å². The Morgan fingerprint density at radius 2 is 1.53 bits per heavy atom. The van der Waals surface area contributed by atoms with Gasteiger partial charge in [0.15, 0.2) is 0 Å². The van der Waals surface area contributed by atoms with Gasteiger partial charge in [0.1, 0.15) is 23.2 Å². The molecule has 0 saturated carbocycles. The molecule has 1 aromatic carbocycles. The van der Waals surface area contributed by atoms with Crippen LogP contribution in [-0.2, 0) is 9.59 Å². The van der Waals surface area contributed by atoms with Crippen LogP contribution < -0.4 is 0 Å². The first-order valence-electron chi connectivity index (χ1n) is 11.0. The molecule has 0 aliphatic carbocycles. The predicted octanol–water partition coefficient (Wildman–Crippen LogP) is 3.71. The summed E-state index contributed by atoms with van der Waals surface area (Å²) in [5.74, 6) is 4.83. The van der Waals surface area contributed by atoms with Gasteiger partial charge in [-0.15, -0.1) is 5.92 Å². The molecular weight excluding hydrogens is 402 g/mol. The molecular formula is C26H29N3O3. The quantitative estimate of drug-likeness (QED) is 0.535. The largest absolute Gasteiger partial charge is 0.337 e. The van der Waals surface area contributed by atoms with Crippen molar-refractivity contribution >= 4 is 17.5 Å². The number of amides is 1. The van der Waals surface area contributed by atoms with E-state index < -0.39 is 5.92 Å². The number of aromatic nitrogens is 2. The van der Waals surface area contributed by atoms with E-state index in [-0.39, 0.29) is 30.3 Å². The second-order valence-electron chi connectivity index (χ2n) is 8.25. The molecule has 0 spiro atoms. The summed E-state index contributed by atoms with van der Waals surface area (Å²) in [6.07, 6.45) is 4.55. The fourth-order valence-corrected chi connectivity index (χ4v) is 4.41. The summed E-state index contributed by atoms with van der Waals surface area (Å²) in [6, 6.07) is 3.89. The number of hydrogen-bond acceptors (Lipinski definition) is 5. The van der Waals surface area contributed by atoms with E-state index >= 15 is 0 Å². The van der Waals surface area contributed by atoms with Gasteiger partial charge in [0.05, 0.1) is 5.69 Å². The lowest BCUT2D eigenvalue weighted by Gasteiger charge is -2.26. The average Bonchev–Trinajstić information content (AvgIpc) is 2.74. The Kier molecular flexibility index (Phi) is 7.53. The molecule has 0 radical (unpaired) electrons. The highest BCUT2D eigenvalue weighted by molar-refractivity contribution is 6.08. The molecule has 1 fully saturated rings. The van der Waals surface area contributed by atoms with Gasteiger partial charge in [0.2, 0.25) is 0 Å². The highest BCUT2D eigenvalue weighted by atomic mass is 16.2. The monoisotopic (exact) mass is 431 g/mol. The first kappa shape index (κ1) is 23.3. The van der Waals surface area contributed by atoms with Crippen LogP contribution in [0.15, 0.2) is 24.5 Å². The molecule has 3 rings (SSSR count). The minimum absolute atomic E-state index is 0.0829. The lowest BCUT2D eigenvalue weighted by Crippen LogP contribution is -2.36. The van der Waals surface area contributed by atoms with Crippen molar-refractivity contribution in [2.75, 3.05) is 13.1 Å². The summed E-state index contributed by atoms with van der Waals surface area (Å²) in [5.41, 5.74) is 4.43. The standard InChI is InChI=1S/C26H29N3O3/c1-5-8-20-15-17(2)23(18(3)16-20)24-21(30)9-6-13-29(14-7-10-22(24)31)26(32)25-19(4)27-11-12-28-25/h11-12,15-16,24H,6-7,9-10,13-14H2,1-4H3. The fourth-order valence-electron chi connectivity index (χ4n) is 4.41. The maximum absolute atomic E-state index is 13.2. The second-order valence-corrected chi connectivity index (χ2v) is 8.25. The molecule has 1 amide bonds. The molecule has 1 aliphatic heterocycles. The number of aryl methyl sites for hydroxylation is 3. The lowest BCUT2D eigenvalue weighted by molar-refractivity contribution is -0.129. The zero-order chi connectivity index (χ0) is 23.3. The molecule has 0 bridgehead atoms. The second kappa shape index (κ2) is 10.3. The van der Waals surface area contributed by atoms with Gasteiger partial charge in [-0.2, -0.15) is 0 Å². The lowest BCUT2D eigenvalue weighted by atomic mass is 9.81. The Balaban J connectivity index is 1.82. The first-order valence-corrected chi connectivity index (χ1v) is 11.0. The minimum atomic E-state index is -0.747. The van der Waals surface area contributed by atoms with Crippen molar-refractivity contribution in [1.29, 1.82) is 0 Å². The number of carbonyl (C=O) groups is 3. The third-order valence-electron chi connectivity index (χ3n) is 5.87. The van der Waals surface area contributed by atoms with Gasteiger partial charge in [-0.05, 0) is 69.4 Å². The number of Topliss-reactive ketones (excluding diaryl/α,β-unsaturated/α-hetero) is 2. The van der Waals surface area contributed by atoms with Crippen LogP contribution in [0.4, 0.5) is 0 Å². The van der Waals surface area contributed by atoms with Gasteiger partial charge in [0.25, 0.3) is 5.91 Å². The van der Waals surface area contributed by atoms with Crippen molar-refractivity contribution < 1.29 is 14.4 Å². The molecule has 2 aromatic rings. The molecule has 6 heteroatoms. The molecule has 0 unspecified atom stereocenters. The summed E-state index contributed by atoms with van der Waals surface area (Å²) in [6.45, 7) is 8.31. The molecule has 166 valence electrons. The van der Waals surface area contributed by atoms with Crippen molar-refractivity contribution in [3.63, 3.8) is 0 Å². The summed E-state index contributed by atoms with van der Waals surface area (Å²) in [7, 11) is 0. The Labute approximate surface area is 189 Å². The Bertz CT molecular complexity index is 1070. The van der Waals surface area contributed by atoms with Gasteiger partial charge in [0, 0.05) is 43.9 Å². The topological polar surface area (TPSA) is 80.2 Å². The molecule has 32 heavy (non-hydrogen) atoms. The van der Waals surface area contributed by atoms with E-state index in [4.69, 9.17) is 0 Å². The number of ketones is 2. The smallest absolute Gasteiger partial charge is 0.274 e. The molecule has 0 atom stereocenters. The number of benzene rings is 1. The van der Waals surface area contributed by atoms with Gasteiger partial charge in [-0.1, -0.05) is 5.92 Å². The minimum Gasteiger partial charge on any atom is -0.337 e. The number of nitrogens with zero attached hydrogens (tertiary/aromatic N) is 3. The normalized spacial score (nSPS) is 15.8. The fraction of sp³-hybridized carbons (Fsp3) is 0.423. The highest BCUT2D eigenvalue weighted by Gasteiger charge is 2.31.